The van der Waals surface area contributed by atoms with E-state index in [2.05, 4.69) is 6.92 Å². The Labute approximate surface area is 83.3 Å². The minimum Gasteiger partial charge on any atom is -0.482 e. The standard InChI is InChI=1S/C11H14O3/c1-3-9-6-10(5-4-8(9)2)14-7-11(12)13/h4-6H,3,7H2,1-2H3,(H,12,13). The second-order valence-electron chi connectivity index (χ2n) is 3.12. The molecule has 1 rings (SSSR count). The quantitative estimate of drug-likeness (QED) is 0.797. The first-order valence-corrected chi connectivity index (χ1v) is 4.57. The van der Waals surface area contributed by atoms with E-state index < -0.39 is 5.97 Å². The molecular weight excluding hydrogens is 180 g/mol. The van der Waals surface area contributed by atoms with Crippen molar-refractivity contribution in [1.82, 2.24) is 0 Å². The Morgan fingerprint density at radius 3 is 2.79 bits per heavy atom. The molecule has 0 aromatic heterocycles. The summed E-state index contributed by atoms with van der Waals surface area (Å²) in [6.45, 7) is 3.80. The Bertz CT molecular complexity index is 331. The zero-order valence-corrected chi connectivity index (χ0v) is 8.41. The average molecular weight is 194 g/mol. The lowest BCUT2D eigenvalue weighted by molar-refractivity contribution is -0.139. The molecular formula is C11H14O3. The van der Waals surface area contributed by atoms with Gasteiger partial charge in [-0.15, -0.1) is 0 Å². The van der Waals surface area contributed by atoms with Gasteiger partial charge < -0.3 is 9.84 Å². The van der Waals surface area contributed by atoms with E-state index in [-0.39, 0.29) is 6.61 Å². The van der Waals surface area contributed by atoms with Crippen LogP contribution in [0, 0.1) is 6.92 Å². The Kier molecular flexibility index (Phi) is 3.51. The molecule has 0 radical (unpaired) electrons. The molecule has 14 heavy (non-hydrogen) atoms. The number of aryl methyl sites for hydroxylation is 2. The fraction of sp³-hybridized carbons (Fsp3) is 0.364. The van der Waals surface area contributed by atoms with Crippen molar-refractivity contribution in [2.45, 2.75) is 20.3 Å². The first kappa shape index (κ1) is 10.6. The Balaban J connectivity index is 2.74. The molecule has 0 amide bonds. The molecule has 0 aliphatic carbocycles. The lowest BCUT2D eigenvalue weighted by Crippen LogP contribution is -2.09. The van der Waals surface area contributed by atoms with Crippen molar-refractivity contribution >= 4 is 5.97 Å². The van der Waals surface area contributed by atoms with Crippen LogP contribution in [0.4, 0.5) is 0 Å². The number of carboxylic acid groups (broad SMARTS) is 1. The molecule has 0 saturated heterocycles. The summed E-state index contributed by atoms with van der Waals surface area (Å²) in [6.07, 6.45) is 0.927. The van der Waals surface area contributed by atoms with Crippen LogP contribution in [-0.4, -0.2) is 17.7 Å². The van der Waals surface area contributed by atoms with Gasteiger partial charge in [0.05, 0.1) is 0 Å². The van der Waals surface area contributed by atoms with E-state index in [0.717, 1.165) is 6.42 Å². The Morgan fingerprint density at radius 2 is 2.21 bits per heavy atom. The van der Waals surface area contributed by atoms with Crippen LogP contribution in [0.5, 0.6) is 5.75 Å². The molecule has 0 unspecified atom stereocenters. The van der Waals surface area contributed by atoms with Gasteiger partial charge in [-0.1, -0.05) is 13.0 Å². The summed E-state index contributed by atoms with van der Waals surface area (Å²) < 4.78 is 5.07. The van der Waals surface area contributed by atoms with Crippen molar-refractivity contribution < 1.29 is 14.6 Å². The minimum absolute atomic E-state index is 0.286. The lowest BCUT2D eigenvalue weighted by atomic mass is 10.1. The van der Waals surface area contributed by atoms with Gasteiger partial charge in [-0.25, -0.2) is 4.79 Å². The van der Waals surface area contributed by atoms with Gasteiger partial charge in [-0.05, 0) is 36.6 Å². The van der Waals surface area contributed by atoms with Crippen molar-refractivity contribution in [3.8, 4) is 5.75 Å². The molecule has 3 heteroatoms. The molecule has 1 aromatic rings. The number of carboxylic acids is 1. The lowest BCUT2D eigenvalue weighted by Gasteiger charge is -2.07. The van der Waals surface area contributed by atoms with E-state index in [1.54, 1.807) is 6.07 Å². The van der Waals surface area contributed by atoms with E-state index in [1.807, 2.05) is 19.1 Å². The van der Waals surface area contributed by atoms with E-state index >= 15 is 0 Å². The fourth-order valence-corrected chi connectivity index (χ4v) is 1.26. The molecule has 0 heterocycles. The molecule has 0 atom stereocenters. The third kappa shape index (κ3) is 2.76. The molecule has 1 N–H and O–H groups in total. The maximum Gasteiger partial charge on any atom is 0.341 e. The second kappa shape index (κ2) is 4.65. The van der Waals surface area contributed by atoms with E-state index in [0.29, 0.717) is 5.75 Å². The molecule has 0 spiro atoms. The number of carbonyl (C=O) groups is 1. The fourth-order valence-electron chi connectivity index (χ4n) is 1.26. The first-order valence-electron chi connectivity index (χ1n) is 4.57. The van der Waals surface area contributed by atoms with Gasteiger partial charge in [0.25, 0.3) is 0 Å². The number of hydrogen-bond acceptors (Lipinski definition) is 2. The summed E-state index contributed by atoms with van der Waals surface area (Å²) in [5.74, 6) is -0.335. The maximum absolute atomic E-state index is 10.3. The van der Waals surface area contributed by atoms with Crippen molar-refractivity contribution in [2.24, 2.45) is 0 Å². The highest BCUT2D eigenvalue weighted by Gasteiger charge is 2.01. The van der Waals surface area contributed by atoms with Crippen LogP contribution in [0.3, 0.4) is 0 Å². The second-order valence-corrected chi connectivity index (χ2v) is 3.12. The van der Waals surface area contributed by atoms with Crippen LogP contribution in [0.1, 0.15) is 18.1 Å². The number of ether oxygens (including phenoxy) is 1. The number of rotatable bonds is 4. The van der Waals surface area contributed by atoms with Gasteiger partial charge in [0.2, 0.25) is 0 Å². The topological polar surface area (TPSA) is 46.5 Å². The summed E-state index contributed by atoms with van der Waals surface area (Å²) >= 11 is 0. The van der Waals surface area contributed by atoms with Gasteiger partial charge in [0.15, 0.2) is 6.61 Å². The zero-order valence-electron chi connectivity index (χ0n) is 8.41. The Morgan fingerprint density at radius 1 is 1.50 bits per heavy atom. The van der Waals surface area contributed by atoms with Crippen LogP contribution in [-0.2, 0) is 11.2 Å². The van der Waals surface area contributed by atoms with Crippen molar-refractivity contribution in [3.05, 3.63) is 29.3 Å². The van der Waals surface area contributed by atoms with Gasteiger partial charge in [-0.2, -0.15) is 0 Å². The normalized spacial score (nSPS) is 9.86. The largest absolute Gasteiger partial charge is 0.482 e. The SMILES string of the molecule is CCc1cc(OCC(=O)O)ccc1C. The van der Waals surface area contributed by atoms with Gasteiger partial charge in [-0.3, -0.25) is 0 Å². The van der Waals surface area contributed by atoms with Crippen LogP contribution in [0.15, 0.2) is 18.2 Å². The van der Waals surface area contributed by atoms with Crippen LogP contribution in [0.25, 0.3) is 0 Å². The van der Waals surface area contributed by atoms with Crippen LogP contribution < -0.4 is 4.74 Å². The minimum atomic E-state index is -0.955. The highest BCUT2D eigenvalue weighted by Crippen LogP contribution is 2.17. The maximum atomic E-state index is 10.3. The molecule has 3 nitrogen and oxygen atoms in total. The average Bonchev–Trinajstić information content (AvgIpc) is 2.16. The smallest absolute Gasteiger partial charge is 0.341 e. The molecule has 0 aliphatic heterocycles. The van der Waals surface area contributed by atoms with Gasteiger partial charge >= 0.3 is 5.97 Å². The van der Waals surface area contributed by atoms with Crippen LogP contribution in [0.2, 0.25) is 0 Å². The zero-order chi connectivity index (χ0) is 10.6. The predicted octanol–water partition coefficient (Wildman–Crippen LogP) is 2.02. The number of benzene rings is 1. The van der Waals surface area contributed by atoms with E-state index in [1.165, 1.54) is 11.1 Å². The molecule has 0 aliphatic rings. The van der Waals surface area contributed by atoms with Crippen molar-refractivity contribution in [3.63, 3.8) is 0 Å². The monoisotopic (exact) mass is 194 g/mol. The van der Waals surface area contributed by atoms with Crippen molar-refractivity contribution in [2.75, 3.05) is 6.61 Å². The Hall–Kier alpha value is -1.51. The summed E-state index contributed by atoms with van der Waals surface area (Å²) in [5, 5.41) is 8.43. The first-order chi connectivity index (χ1) is 6.63. The summed E-state index contributed by atoms with van der Waals surface area (Å²) in [4.78, 5) is 10.3. The van der Waals surface area contributed by atoms with Gasteiger partial charge in [0.1, 0.15) is 5.75 Å². The molecule has 0 saturated carbocycles. The molecule has 1 aromatic carbocycles. The summed E-state index contributed by atoms with van der Waals surface area (Å²) in [6, 6.07) is 5.62. The molecule has 0 fully saturated rings. The molecule has 76 valence electrons. The third-order valence-electron chi connectivity index (χ3n) is 2.06. The van der Waals surface area contributed by atoms with Gasteiger partial charge in [0, 0.05) is 0 Å². The summed E-state index contributed by atoms with van der Waals surface area (Å²) in [7, 11) is 0. The molecule has 0 bridgehead atoms. The van der Waals surface area contributed by atoms with E-state index in [9.17, 15) is 4.79 Å². The van der Waals surface area contributed by atoms with Crippen molar-refractivity contribution in [1.29, 1.82) is 0 Å². The highest BCUT2D eigenvalue weighted by molar-refractivity contribution is 5.68. The number of hydrogen-bond donors (Lipinski definition) is 1. The summed E-state index contributed by atoms with van der Waals surface area (Å²) in [5.41, 5.74) is 2.39. The van der Waals surface area contributed by atoms with Crippen LogP contribution >= 0.6 is 0 Å². The third-order valence-corrected chi connectivity index (χ3v) is 2.06. The highest BCUT2D eigenvalue weighted by atomic mass is 16.5. The predicted molar refractivity (Wildman–Crippen MR) is 53.7 cm³/mol. The van der Waals surface area contributed by atoms with E-state index in [4.69, 9.17) is 9.84 Å². The number of aliphatic carboxylic acids is 1.